The Morgan fingerprint density at radius 3 is 2.58 bits per heavy atom. The Morgan fingerprint density at radius 2 is 1.92 bits per heavy atom. The largest absolute Gasteiger partial charge is 0.494 e. The van der Waals surface area contributed by atoms with E-state index in [1.54, 1.807) is 22.8 Å². The first kappa shape index (κ1) is 18.3. The summed E-state index contributed by atoms with van der Waals surface area (Å²) in [4.78, 5) is 11.2. The molecule has 1 heterocycles. The lowest BCUT2D eigenvalue weighted by molar-refractivity contribution is 0.289. The van der Waals surface area contributed by atoms with Crippen molar-refractivity contribution in [3.05, 3.63) is 58.0 Å². The SMILES string of the molecule is CC(C)CCOc1ccc(Cn2c(O)c(N=O)c3c(Cl)cccc32)cc1. The summed E-state index contributed by atoms with van der Waals surface area (Å²) in [7, 11) is 0. The van der Waals surface area contributed by atoms with Gasteiger partial charge in [0, 0.05) is 0 Å². The fourth-order valence-electron chi connectivity index (χ4n) is 2.86. The van der Waals surface area contributed by atoms with Gasteiger partial charge in [-0.15, -0.1) is 4.91 Å². The smallest absolute Gasteiger partial charge is 0.222 e. The summed E-state index contributed by atoms with van der Waals surface area (Å²) in [5.74, 6) is 1.24. The molecule has 6 heteroatoms. The third kappa shape index (κ3) is 3.68. The molecular formula is C20H21ClN2O3. The van der Waals surface area contributed by atoms with Crippen LogP contribution in [-0.2, 0) is 6.54 Å². The molecule has 26 heavy (non-hydrogen) atoms. The van der Waals surface area contributed by atoms with Crippen LogP contribution in [0.4, 0.5) is 5.69 Å². The molecule has 3 rings (SSSR count). The van der Waals surface area contributed by atoms with Gasteiger partial charge in [0.05, 0.1) is 29.1 Å². The summed E-state index contributed by atoms with van der Waals surface area (Å²) in [6, 6.07) is 12.9. The molecule has 0 atom stereocenters. The molecule has 136 valence electrons. The number of nitrogens with zero attached hydrogens (tertiary/aromatic N) is 2. The molecule has 0 spiro atoms. The molecule has 0 saturated heterocycles. The Labute approximate surface area is 157 Å². The average molecular weight is 373 g/mol. The second-order valence-electron chi connectivity index (χ2n) is 6.66. The van der Waals surface area contributed by atoms with Gasteiger partial charge in [0.25, 0.3) is 0 Å². The Balaban J connectivity index is 1.84. The molecule has 0 aliphatic carbocycles. The highest BCUT2D eigenvalue weighted by Gasteiger charge is 2.19. The van der Waals surface area contributed by atoms with E-state index in [-0.39, 0.29) is 11.6 Å². The second-order valence-corrected chi connectivity index (χ2v) is 7.07. The van der Waals surface area contributed by atoms with E-state index in [9.17, 15) is 10.0 Å². The first-order valence-corrected chi connectivity index (χ1v) is 8.93. The number of benzene rings is 2. The van der Waals surface area contributed by atoms with Crippen LogP contribution < -0.4 is 4.74 Å². The molecule has 0 fully saturated rings. The van der Waals surface area contributed by atoms with Crippen molar-refractivity contribution >= 4 is 28.2 Å². The molecule has 0 unspecified atom stereocenters. The van der Waals surface area contributed by atoms with Gasteiger partial charge in [-0.05, 0) is 47.3 Å². The fraction of sp³-hybridized carbons (Fsp3) is 0.300. The van der Waals surface area contributed by atoms with Crippen molar-refractivity contribution in [3.63, 3.8) is 0 Å². The third-order valence-corrected chi connectivity index (χ3v) is 4.62. The molecule has 0 aliphatic heterocycles. The van der Waals surface area contributed by atoms with Crippen molar-refractivity contribution in [1.82, 2.24) is 4.57 Å². The van der Waals surface area contributed by atoms with Gasteiger partial charge in [0.15, 0.2) is 5.69 Å². The maximum Gasteiger partial charge on any atom is 0.222 e. The molecule has 2 aromatic carbocycles. The highest BCUT2D eigenvalue weighted by atomic mass is 35.5. The van der Waals surface area contributed by atoms with Crippen LogP contribution >= 0.6 is 11.6 Å². The Morgan fingerprint density at radius 1 is 1.19 bits per heavy atom. The van der Waals surface area contributed by atoms with Crippen LogP contribution in [0.1, 0.15) is 25.8 Å². The van der Waals surface area contributed by atoms with Crippen LogP contribution in [0.3, 0.4) is 0 Å². The zero-order valence-electron chi connectivity index (χ0n) is 14.8. The Bertz CT molecular complexity index is 917. The molecule has 0 amide bonds. The number of halogens is 1. The van der Waals surface area contributed by atoms with E-state index < -0.39 is 0 Å². The van der Waals surface area contributed by atoms with Crippen molar-refractivity contribution < 1.29 is 9.84 Å². The van der Waals surface area contributed by atoms with Crippen molar-refractivity contribution in [2.75, 3.05) is 6.61 Å². The predicted molar refractivity (Wildman–Crippen MR) is 105 cm³/mol. The monoisotopic (exact) mass is 372 g/mol. The quantitative estimate of drug-likeness (QED) is 0.527. The van der Waals surface area contributed by atoms with Gasteiger partial charge in [0.1, 0.15) is 5.75 Å². The minimum absolute atomic E-state index is 0.0285. The van der Waals surface area contributed by atoms with Crippen LogP contribution in [0.25, 0.3) is 10.9 Å². The molecule has 0 bridgehead atoms. The number of fused-ring (bicyclic) bond motifs is 1. The third-order valence-electron chi connectivity index (χ3n) is 4.31. The maximum atomic E-state index is 11.2. The minimum atomic E-state index is -0.180. The van der Waals surface area contributed by atoms with Gasteiger partial charge in [0.2, 0.25) is 5.88 Å². The number of nitroso groups, excluding NO2 is 1. The molecule has 0 radical (unpaired) electrons. The normalized spacial score (nSPS) is 11.2. The van der Waals surface area contributed by atoms with Crippen molar-refractivity contribution in [3.8, 4) is 11.6 Å². The van der Waals surface area contributed by atoms with Gasteiger partial charge >= 0.3 is 0 Å². The van der Waals surface area contributed by atoms with Crippen molar-refractivity contribution in [1.29, 1.82) is 0 Å². The number of aromatic nitrogens is 1. The summed E-state index contributed by atoms with van der Waals surface area (Å²) in [6.45, 7) is 5.40. The molecular weight excluding hydrogens is 352 g/mol. The highest BCUT2D eigenvalue weighted by molar-refractivity contribution is 6.36. The van der Waals surface area contributed by atoms with Crippen molar-refractivity contribution in [2.45, 2.75) is 26.8 Å². The van der Waals surface area contributed by atoms with Gasteiger partial charge in [-0.3, -0.25) is 0 Å². The first-order valence-electron chi connectivity index (χ1n) is 8.56. The maximum absolute atomic E-state index is 11.2. The van der Waals surface area contributed by atoms with Crippen LogP contribution in [0.5, 0.6) is 11.6 Å². The predicted octanol–water partition coefficient (Wildman–Crippen LogP) is 5.87. The number of rotatable bonds is 7. The van der Waals surface area contributed by atoms with E-state index in [4.69, 9.17) is 16.3 Å². The number of aromatic hydroxyl groups is 1. The molecule has 1 aromatic heterocycles. The van der Waals surface area contributed by atoms with E-state index in [0.717, 1.165) is 17.7 Å². The van der Waals surface area contributed by atoms with Gasteiger partial charge in [-0.1, -0.05) is 43.6 Å². The zero-order chi connectivity index (χ0) is 18.7. The zero-order valence-corrected chi connectivity index (χ0v) is 15.5. The number of ether oxygens (including phenoxy) is 1. The summed E-state index contributed by atoms with van der Waals surface area (Å²) >= 11 is 6.18. The van der Waals surface area contributed by atoms with Gasteiger partial charge in [-0.2, -0.15) is 0 Å². The summed E-state index contributed by atoms with van der Waals surface area (Å²) in [5, 5.41) is 14.2. The van der Waals surface area contributed by atoms with Gasteiger partial charge in [-0.25, -0.2) is 0 Å². The van der Waals surface area contributed by atoms with E-state index in [0.29, 0.717) is 35.0 Å². The Hall–Kier alpha value is -2.53. The van der Waals surface area contributed by atoms with Crippen LogP contribution in [0.2, 0.25) is 5.02 Å². The standard InChI is InChI=1S/C20H21ClN2O3/c1-13(2)10-11-26-15-8-6-14(7-9-15)12-23-17-5-3-4-16(21)18(17)19(22-25)20(23)24/h3-9,13,24H,10-12H2,1-2H3. The van der Waals surface area contributed by atoms with E-state index in [1.807, 2.05) is 24.3 Å². The van der Waals surface area contributed by atoms with E-state index >= 15 is 0 Å². The van der Waals surface area contributed by atoms with E-state index in [2.05, 4.69) is 19.0 Å². The fourth-order valence-corrected chi connectivity index (χ4v) is 3.12. The van der Waals surface area contributed by atoms with E-state index in [1.165, 1.54) is 0 Å². The van der Waals surface area contributed by atoms with Crippen molar-refractivity contribution in [2.24, 2.45) is 11.1 Å². The molecule has 5 nitrogen and oxygen atoms in total. The molecule has 3 aromatic rings. The molecule has 0 aliphatic rings. The lowest BCUT2D eigenvalue weighted by Gasteiger charge is -2.10. The Kier molecular flexibility index (Phi) is 5.47. The van der Waals surface area contributed by atoms with Gasteiger partial charge < -0.3 is 14.4 Å². The van der Waals surface area contributed by atoms with Crippen LogP contribution in [0, 0.1) is 10.8 Å². The lowest BCUT2D eigenvalue weighted by Crippen LogP contribution is -2.02. The minimum Gasteiger partial charge on any atom is -0.494 e. The van der Waals surface area contributed by atoms with Crippen LogP contribution in [0.15, 0.2) is 47.6 Å². The average Bonchev–Trinajstić information content (AvgIpc) is 2.89. The molecule has 0 saturated carbocycles. The summed E-state index contributed by atoms with van der Waals surface area (Å²) in [6.07, 6.45) is 1.01. The number of hydrogen-bond donors (Lipinski definition) is 1. The lowest BCUT2D eigenvalue weighted by atomic mass is 10.1. The summed E-state index contributed by atoms with van der Waals surface area (Å²) < 4.78 is 7.35. The second kappa shape index (κ2) is 7.79. The first-order chi connectivity index (χ1) is 12.5. The topological polar surface area (TPSA) is 63.8 Å². The summed E-state index contributed by atoms with van der Waals surface area (Å²) in [5.41, 5.74) is 1.60. The highest BCUT2D eigenvalue weighted by Crippen LogP contribution is 2.42. The van der Waals surface area contributed by atoms with Crippen LogP contribution in [-0.4, -0.2) is 16.3 Å². The molecule has 1 N–H and O–H groups in total. The number of hydrogen-bond acceptors (Lipinski definition) is 4.